The number of carbonyl (C=O) groups excluding carboxylic acids is 1. The highest BCUT2D eigenvalue weighted by Crippen LogP contribution is 2.54. The van der Waals surface area contributed by atoms with Gasteiger partial charge in [0.05, 0.1) is 12.1 Å². The van der Waals surface area contributed by atoms with Gasteiger partial charge in [-0.15, -0.1) is 0 Å². The molecule has 1 aromatic rings. The van der Waals surface area contributed by atoms with E-state index in [4.69, 9.17) is 11.6 Å². The van der Waals surface area contributed by atoms with Gasteiger partial charge in [0, 0.05) is 12.8 Å². The van der Waals surface area contributed by atoms with Crippen molar-refractivity contribution in [1.82, 2.24) is 9.88 Å². The number of aliphatic hydroxyl groups excluding tert-OH is 1. The number of aliphatic hydroxyl groups is 1. The van der Waals surface area contributed by atoms with E-state index >= 15 is 0 Å². The average Bonchev–Trinajstić information content (AvgIpc) is 2.98. The first-order valence-corrected chi connectivity index (χ1v) is 8.13. The van der Waals surface area contributed by atoms with E-state index in [1.807, 2.05) is 0 Å². The summed E-state index contributed by atoms with van der Waals surface area (Å²) in [6, 6.07) is 1.78. The standard InChI is InChI=1S/C15H13ClF6N2O3/c16-9-8(27-12(17)18)2-1-7(23-9)10(25)24-6-15(21,22)11(26)13(24)3-4-14(19,20)5-13/h1-2,11-12,26H,3-6H2/t11-,13-/m1/s1. The predicted molar refractivity (Wildman–Crippen MR) is 79.4 cm³/mol. The number of aromatic nitrogens is 1. The summed E-state index contributed by atoms with van der Waals surface area (Å²) in [7, 11) is 0. The van der Waals surface area contributed by atoms with Gasteiger partial charge in [0.25, 0.3) is 17.8 Å². The minimum absolute atomic E-state index is 0.477. The van der Waals surface area contributed by atoms with Crippen LogP contribution in [0.4, 0.5) is 26.3 Å². The summed E-state index contributed by atoms with van der Waals surface area (Å²) in [5.41, 5.74) is -2.68. The van der Waals surface area contributed by atoms with Gasteiger partial charge in [-0.3, -0.25) is 4.79 Å². The van der Waals surface area contributed by atoms with Crippen molar-refractivity contribution in [3.63, 3.8) is 0 Å². The Hall–Kier alpha value is -1.75. The zero-order chi connectivity index (χ0) is 20.2. The molecule has 0 bridgehead atoms. The number of alkyl halides is 6. The van der Waals surface area contributed by atoms with Gasteiger partial charge >= 0.3 is 6.61 Å². The number of carbonyl (C=O) groups is 1. The number of hydrogen-bond acceptors (Lipinski definition) is 4. The quantitative estimate of drug-likeness (QED) is 0.604. The van der Waals surface area contributed by atoms with Gasteiger partial charge in [-0.1, -0.05) is 11.6 Å². The average molecular weight is 419 g/mol. The van der Waals surface area contributed by atoms with E-state index in [0.29, 0.717) is 4.90 Å². The van der Waals surface area contributed by atoms with Crippen LogP contribution in [0, 0.1) is 0 Å². The number of nitrogens with zero attached hydrogens (tertiary/aromatic N) is 2. The first kappa shape index (κ1) is 20.0. The molecule has 2 aliphatic rings. The third kappa shape index (κ3) is 3.42. The van der Waals surface area contributed by atoms with E-state index in [1.165, 1.54) is 0 Å². The van der Waals surface area contributed by atoms with Gasteiger partial charge < -0.3 is 14.7 Å². The Kier molecular flexibility index (Phi) is 4.74. The highest BCUT2D eigenvalue weighted by molar-refractivity contribution is 6.31. The van der Waals surface area contributed by atoms with Crippen molar-refractivity contribution >= 4 is 17.5 Å². The van der Waals surface area contributed by atoms with Crippen LogP contribution in [0.3, 0.4) is 0 Å². The summed E-state index contributed by atoms with van der Waals surface area (Å²) in [4.78, 5) is 16.7. The maximum Gasteiger partial charge on any atom is 0.387 e. The van der Waals surface area contributed by atoms with Gasteiger partial charge in [0.1, 0.15) is 11.8 Å². The monoisotopic (exact) mass is 418 g/mol. The number of likely N-dealkylation sites (tertiary alicyclic amines) is 1. The zero-order valence-electron chi connectivity index (χ0n) is 13.4. The van der Waals surface area contributed by atoms with Gasteiger partial charge in [0.15, 0.2) is 10.9 Å². The number of rotatable bonds is 3. The molecular formula is C15H13ClF6N2O3. The normalized spacial score (nSPS) is 28.9. The fourth-order valence-corrected chi connectivity index (χ4v) is 3.82. The third-order valence-electron chi connectivity index (χ3n) is 4.80. The Bertz CT molecular complexity index is 765. The molecule has 27 heavy (non-hydrogen) atoms. The molecule has 1 saturated heterocycles. The molecule has 1 aromatic heterocycles. The smallest absolute Gasteiger partial charge is 0.387 e. The topological polar surface area (TPSA) is 62.7 Å². The van der Waals surface area contributed by atoms with E-state index in [0.717, 1.165) is 12.1 Å². The summed E-state index contributed by atoms with van der Waals surface area (Å²) >= 11 is 5.65. The lowest BCUT2D eigenvalue weighted by Crippen LogP contribution is -2.53. The van der Waals surface area contributed by atoms with Crippen LogP contribution in [0.1, 0.15) is 29.8 Å². The Morgan fingerprint density at radius 1 is 1.30 bits per heavy atom. The summed E-state index contributed by atoms with van der Waals surface area (Å²) in [6.07, 6.45) is -4.88. The second-order valence-corrected chi connectivity index (χ2v) is 6.91. The minimum Gasteiger partial charge on any atom is -0.432 e. The summed E-state index contributed by atoms with van der Waals surface area (Å²) in [5.74, 6) is -8.83. The van der Waals surface area contributed by atoms with Crippen molar-refractivity contribution in [1.29, 1.82) is 0 Å². The molecule has 1 N–H and O–H groups in total. The van der Waals surface area contributed by atoms with Crippen molar-refractivity contribution < 1.29 is 41.0 Å². The van der Waals surface area contributed by atoms with Crippen LogP contribution in [-0.4, -0.2) is 57.5 Å². The fraction of sp³-hybridized carbons (Fsp3) is 0.600. The lowest BCUT2D eigenvalue weighted by Gasteiger charge is -2.36. The van der Waals surface area contributed by atoms with Crippen molar-refractivity contribution in [3.05, 3.63) is 23.0 Å². The van der Waals surface area contributed by atoms with Crippen molar-refractivity contribution in [3.8, 4) is 5.75 Å². The van der Waals surface area contributed by atoms with Gasteiger partial charge in [-0.05, 0) is 18.6 Å². The number of ether oxygens (including phenoxy) is 1. The zero-order valence-corrected chi connectivity index (χ0v) is 14.2. The molecule has 5 nitrogen and oxygen atoms in total. The molecule has 0 radical (unpaired) electrons. The van der Waals surface area contributed by atoms with Crippen LogP contribution in [0.25, 0.3) is 0 Å². The molecule has 12 heteroatoms. The second-order valence-electron chi connectivity index (χ2n) is 6.56. The molecule has 2 heterocycles. The van der Waals surface area contributed by atoms with Crippen molar-refractivity contribution in [2.75, 3.05) is 6.54 Å². The number of halogens is 7. The van der Waals surface area contributed by atoms with E-state index in [1.54, 1.807) is 0 Å². The Morgan fingerprint density at radius 2 is 1.96 bits per heavy atom. The van der Waals surface area contributed by atoms with Crippen LogP contribution >= 0.6 is 11.6 Å². The molecule has 2 fully saturated rings. The molecule has 1 aliphatic carbocycles. The van der Waals surface area contributed by atoms with Crippen molar-refractivity contribution in [2.45, 2.75) is 49.4 Å². The first-order chi connectivity index (χ1) is 12.4. The lowest BCUT2D eigenvalue weighted by molar-refractivity contribution is -0.102. The van der Waals surface area contributed by atoms with E-state index < -0.39 is 78.4 Å². The van der Waals surface area contributed by atoms with Gasteiger partial charge in [-0.2, -0.15) is 8.78 Å². The maximum atomic E-state index is 14.1. The van der Waals surface area contributed by atoms with Crippen molar-refractivity contribution in [2.24, 2.45) is 0 Å². The minimum atomic E-state index is -3.79. The summed E-state index contributed by atoms with van der Waals surface area (Å²) in [5, 5.41) is 9.35. The molecule has 0 unspecified atom stereocenters. The van der Waals surface area contributed by atoms with Crippen LogP contribution < -0.4 is 4.74 Å². The Labute approximate surface area is 153 Å². The highest BCUT2D eigenvalue weighted by Gasteiger charge is 2.69. The molecule has 1 saturated carbocycles. The molecule has 150 valence electrons. The van der Waals surface area contributed by atoms with Crippen LogP contribution in [0.2, 0.25) is 5.15 Å². The third-order valence-corrected chi connectivity index (χ3v) is 5.07. The van der Waals surface area contributed by atoms with E-state index in [-0.39, 0.29) is 0 Å². The van der Waals surface area contributed by atoms with Gasteiger partial charge in [0.2, 0.25) is 0 Å². The summed E-state index contributed by atoms with van der Waals surface area (Å²) in [6.45, 7) is -4.49. The largest absolute Gasteiger partial charge is 0.432 e. The summed E-state index contributed by atoms with van der Waals surface area (Å²) < 4.78 is 84.1. The Balaban J connectivity index is 1.94. The van der Waals surface area contributed by atoms with Crippen LogP contribution in [-0.2, 0) is 0 Å². The number of amides is 1. The maximum absolute atomic E-state index is 14.1. The molecule has 1 amide bonds. The predicted octanol–water partition coefficient (Wildman–Crippen LogP) is 3.35. The lowest BCUT2D eigenvalue weighted by atomic mass is 9.89. The SMILES string of the molecule is O=C(c1ccc(OC(F)F)c(Cl)n1)N1CC(F)(F)[C@H](O)[C@]12CCC(F)(F)C2. The number of pyridine rings is 1. The van der Waals surface area contributed by atoms with Crippen LogP contribution in [0.5, 0.6) is 5.75 Å². The number of hydrogen-bond donors (Lipinski definition) is 1. The van der Waals surface area contributed by atoms with E-state index in [9.17, 15) is 36.2 Å². The molecule has 3 rings (SSSR count). The second kappa shape index (κ2) is 6.40. The molecule has 1 spiro atoms. The highest BCUT2D eigenvalue weighted by atomic mass is 35.5. The van der Waals surface area contributed by atoms with E-state index in [2.05, 4.69) is 9.72 Å². The van der Waals surface area contributed by atoms with Gasteiger partial charge in [-0.25, -0.2) is 22.5 Å². The Morgan fingerprint density at radius 3 is 2.48 bits per heavy atom. The molecule has 2 atom stereocenters. The van der Waals surface area contributed by atoms with Crippen LogP contribution in [0.15, 0.2) is 12.1 Å². The molecular weight excluding hydrogens is 406 g/mol. The molecule has 0 aromatic carbocycles. The molecule has 1 aliphatic heterocycles. The fourth-order valence-electron chi connectivity index (χ4n) is 3.62. The first-order valence-electron chi connectivity index (χ1n) is 7.75.